The van der Waals surface area contributed by atoms with Crippen LogP contribution in [-0.2, 0) is 9.59 Å². The molecule has 4 rings (SSSR count). The second-order valence-corrected chi connectivity index (χ2v) is 8.10. The lowest BCUT2D eigenvalue weighted by Crippen LogP contribution is -2.40. The smallest absolute Gasteiger partial charge is 0.234 e. The van der Waals surface area contributed by atoms with Crippen molar-refractivity contribution < 1.29 is 9.59 Å². The number of ketones is 1. The van der Waals surface area contributed by atoms with Gasteiger partial charge in [0.2, 0.25) is 11.0 Å². The maximum atomic E-state index is 13.0. The van der Waals surface area contributed by atoms with Crippen molar-refractivity contribution in [1.29, 1.82) is 0 Å². The molecule has 1 unspecified atom stereocenters. The zero-order valence-electron chi connectivity index (χ0n) is 13.8. The molecule has 0 radical (unpaired) electrons. The number of allylic oxidation sites excluding steroid dienone is 2. The first-order valence-corrected chi connectivity index (χ1v) is 10.2. The molecule has 1 aliphatic carbocycles. The average molecular weight is 371 g/mol. The molecule has 1 aromatic carbocycles. The molecular formula is C18H17N3O2S2. The molecule has 2 heterocycles. The zero-order valence-corrected chi connectivity index (χ0v) is 15.4. The Morgan fingerprint density at radius 2 is 1.96 bits per heavy atom. The van der Waals surface area contributed by atoms with E-state index in [-0.39, 0.29) is 17.6 Å². The van der Waals surface area contributed by atoms with Crippen LogP contribution in [0.3, 0.4) is 0 Å². The maximum absolute atomic E-state index is 13.0. The van der Waals surface area contributed by atoms with Crippen LogP contribution >= 0.6 is 23.1 Å². The molecule has 1 aliphatic heterocycles. The first kappa shape index (κ1) is 16.5. The minimum absolute atomic E-state index is 0.00824. The Bertz CT molecular complexity index is 860. The molecular weight excluding hydrogens is 354 g/mol. The van der Waals surface area contributed by atoms with Crippen molar-refractivity contribution >= 4 is 39.9 Å². The van der Waals surface area contributed by atoms with E-state index in [0.29, 0.717) is 18.0 Å². The lowest BCUT2D eigenvalue weighted by atomic mass is 9.77. The summed E-state index contributed by atoms with van der Waals surface area (Å²) in [6.45, 7) is 0. The van der Waals surface area contributed by atoms with E-state index in [0.717, 1.165) is 34.0 Å². The first-order chi connectivity index (χ1) is 12.2. The van der Waals surface area contributed by atoms with Crippen LogP contribution in [-0.4, -0.2) is 28.1 Å². The fourth-order valence-electron chi connectivity index (χ4n) is 3.56. The van der Waals surface area contributed by atoms with Crippen molar-refractivity contribution in [2.75, 3.05) is 11.2 Å². The van der Waals surface area contributed by atoms with Gasteiger partial charge in [-0.2, -0.15) is 0 Å². The topological polar surface area (TPSA) is 63.2 Å². The summed E-state index contributed by atoms with van der Waals surface area (Å²) in [5, 5.41) is 8.86. The van der Waals surface area contributed by atoms with Crippen LogP contribution in [0.2, 0.25) is 0 Å². The standard InChI is InChI=1S/C18H17N3O2S2/c1-24-18-20-19-17(25-18)21-13-8-5-9-14(22)16(13)12(10-15(21)23)11-6-3-2-4-7-11/h2-4,6-7,12H,5,8-10H2,1H3. The Balaban J connectivity index is 1.84. The largest absolute Gasteiger partial charge is 0.294 e. The van der Waals surface area contributed by atoms with E-state index in [2.05, 4.69) is 10.2 Å². The van der Waals surface area contributed by atoms with Gasteiger partial charge in [-0.15, -0.1) is 10.2 Å². The number of anilines is 1. The van der Waals surface area contributed by atoms with Gasteiger partial charge in [0.15, 0.2) is 10.1 Å². The highest BCUT2D eigenvalue weighted by molar-refractivity contribution is 8.00. The molecule has 2 aliphatic rings. The summed E-state index contributed by atoms with van der Waals surface area (Å²) in [7, 11) is 0. The summed E-state index contributed by atoms with van der Waals surface area (Å²) in [6.07, 6.45) is 4.28. The molecule has 0 fully saturated rings. The third-order valence-corrected chi connectivity index (χ3v) is 6.52. The number of amides is 1. The van der Waals surface area contributed by atoms with Crippen LogP contribution in [0.1, 0.15) is 37.2 Å². The summed E-state index contributed by atoms with van der Waals surface area (Å²) in [5.74, 6) is -0.00555. The lowest BCUT2D eigenvalue weighted by Gasteiger charge is -2.36. The fraction of sp³-hybridized carbons (Fsp3) is 0.333. The highest BCUT2D eigenvalue weighted by Gasteiger charge is 2.40. The van der Waals surface area contributed by atoms with Crippen LogP contribution in [0.5, 0.6) is 0 Å². The number of benzene rings is 1. The third-order valence-electron chi connectivity index (χ3n) is 4.64. The number of aromatic nitrogens is 2. The molecule has 1 atom stereocenters. The maximum Gasteiger partial charge on any atom is 0.234 e. The molecule has 0 N–H and O–H groups in total. The quantitative estimate of drug-likeness (QED) is 0.607. The van der Waals surface area contributed by atoms with Crippen LogP contribution in [0.15, 0.2) is 45.9 Å². The summed E-state index contributed by atoms with van der Waals surface area (Å²) < 4.78 is 0.817. The Morgan fingerprint density at radius 3 is 2.68 bits per heavy atom. The molecule has 0 bridgehead atoms. The summed E-state index contributed by atoms with van der Waals surface area (Å²) in [4.78, 5) is 27.3. The summed E-state index contributed by atoms with van der Waals surface area (Å²) in [5.41, 5.74) is 2.64. The molecule has 0 saturated heterocycles. The molecule has 128 valence electrons. The molecule has 0 saturated carbocycles. The number of carbonyl (C=O) groups excluding carboxylic acids is 2. The van der Waals surface area contributed by atoms with Gasteiger partial charge in [0.1, 0.15) is 0 Å². The minimum atomic E-state index is -0.152. The average Bonchev–Trinajstić information content (AvgIpc) is 3.10. The van der Waals surface area contributed by atoms with Gasteiger partial charge >= 0.3 is 0 Å². The van der Waals surface area contributed by atoms with E-state index in [1.165, 1.54) is 23.1 Å². The SMILES string of the molecule is CSc1nnc(N2C(=O)CC(c3ccccc3)C3=C2CCCC3=O)s1. The highest BCUT2D eigenvalue weighted by Crippen LogP contribution is 2.44. The fourth-order valence-corrected chi connectivity index (χ4v) is 4.86. The van der Waals surface area contributed by atoms with Crippen molar-refractivity contribution in [1.82, 2.24) is 10.2 Å². The van der Waals surface area contributed by atoms with Crippen molar-refractivity contribution in [3.63, 3.8) is 0 Å². The second kappa shape index (κ2) is 6.72. The highest BCUT2D eigenvalue weighted by atomic mass is 32.2. The predicted octanol–water partition coefficient (Wildman–Crippen LogP) is 3.79. The first-order valence-electron chi connectivity index (χ1n) is 8.20. The van der Waals surface area contributed by atoms with Gasteiger partial charge in [-0.1, -0.05) is 53.4 Å². The summed E-state index contributed by atoms with van der Waals surface area (Å²) >= 11 is 2.90. The van der Waals surface area contributed by atoms with E-state index in [9.17, 15) is 9.59 Å². The van der Waals surface area contributed by atoms with Crippen LogP contribution in [0.25, 0.3) is 0 Å². The van der Waals surface area contributed by atoms with E-state index < -0.39 is 0 Å². The Hall–Kier alpha value is -1.99. The Labute approximate surface area is 154 Å². The number of nitrogens with zero attached hydrogens (tertiary/aromatic N) is 3. The molecule has 1 aromatic heterocycles. The van der Waals surface area contributed by atoms with Gasteiger partial charge in [-0.05, 0) is 24.7 Å². The van der Waals surface area contributed by atoms with Crippen molar-refractivity contribution in [2.24, 2.45) is 0 Å². The van der Waals surface area contributed by atoms with Crippen molar-refractivity contribution in [3.8, 4) is 0 Å². The van der Waals surface area contributed by atoms with Crippen LogP contribution in [0, 0.1) is 0 Å². The summed E-state index contributed by atoms with van der Waals surface area (Å²) in [6, 6.07) is 9.85. The Kier molecular flexibility index (Phi) is 4.43. The molecule has 7 heteroatoms. The number of hydrogen-bond acceptors (Lipinski definition) is 6. The third kappa shape index (κ3) is 2.91. The van der Waals surface area contributed by atoms with E-state index in [4.69, 9.17) is 0 Å². The van der Waals surface area contributed by atoms with E-state index in [1.54, 1.807) is 4.90 Å². The number of rotatable bonds is 3. The Morgan fingerprint density at radius 1 is 1.16 bits per heavy atom. The zero-order chi connectivity index (χ0) is 17.4. The number of hydrogen-bond donors (Lipinski definition) is 0. The number of Topliss-reactive ketones (excluding diaryl/α,β-unsaturated/α-hetero) is 1. The normalized spacial score (nSPS) is 20.8. The molecule has 0 spiro atoms. The van der Waals surface area contributed by atoms with Crippen molar-refractivity contribution in [3.05, 3.63) is 47.2 Å². The molecule has 25 heavy (non-hydrogen) atoms. The molecule has 2 aromatic rings. The van der Waals surface area contributed by atoms with Gasteiger partial charge < -0.3 is 0 Å². The second-order valence-electron chi connectivity index (χ2n) is 6.09. The number of thioether (sulfide) groups is 1. The van der Waals surface area contributed by atoms with Crippen LogP contribution < -0.4 is 4.90 Å². The monoisotopic (exact) mass is 371 g/mol. The van der Waals surface area contributed by atoms with Gasteiger partial charge in [0.25, 0.3) is 0 Å². The van der Waals surface area contributed by atoms with Gasteiger partial charge in [0, 0.05) is 30.0 Å². The lowest BCUT2D eigenvalue weighted by molar-refractivity contribution is -0.119. The van der Waals surface area contributed by atoms with Crippen molar-refractivity contribution in [2.45, 2.75) is 35.9 Å². The molecule has 1 amide bonds. The van der Waals surface area contributed by atoms with Gasteiger partial charge in [0.05, 0.1) is 0 Å². The van der Waals surface area contributed by atoms with Crippen LogP contribution in [0.4, 0.5) is 5.13 Å². The predicted molar refractivity (Wildman–Crippen MR) is 98.9 cm³/mol. The number of carbonyl (C=O) groups is 2. The van der Waals surface area contributed by atoms with Gasteiger partial charge in [-0.25, -0.2) is 0 Å². The van der Waals surface area contributed by atoms with E-state index in [1.807, 2.05) is 36.6 Å². The minimum Gasteiger partial charge on any atom is -0.294 e. The van der Waals surface area contributed by atoms with Gasteiger partial charge in [-0.3, -0.25) is 14.5 Å². The van der Waals surface area contributed by atoms with E-state index >= 15 is 0 Å². The molecule has 5 nitrogen and oxygen atoms in total.